The third-order valence-electron chi connectivity index (χ3n) is 4.57. The van der Waals surface area contributed by atoms with Gasteiger partial charge >= 0.3 is 0 Å². The molecule has 0 bridgehead atoms. The van der Waals surface area contributed by atoms with Crippen molar-refractivity contribution in [2.24, 2.45) is 0 Å². The lowest BCUT2D eigenvalue weighted by atomic mass is 10.1. The number of carbonyl (C=O) groups is 2. The molecular formula is C19H18F2N2O4S. The average molecular weight is 408 g/mol. The molecule has 3 rings (SSSR count). The monoisotopic (exact) mass is 408 g/mol. The predicted octanol–water partition coefficient (Wildman–Crippen LogP) is 2.31. The van der Waals surface area contributed by atoms with Gasteiger partial charge in [0.2, 0.25) is 10.0 Å². The molecule has 6 nitrogen and oxygen atoms in total. The van der Waals surface area contributed by atoms with Crippen LogP contribution in [0.25, 0.3) is 0 Å². The summed E-state index contributed by atoms with van der Waals surface area (Å²) in [5.41, 5.74) is 0.303. The van der Waals surface area contributed by atoms with E-state index in [1.54, 1.807) is 6.07 Å². The van der Waals surface area contributed by atoms with Gasteiger partial charge in [-0.15, -0.1) is 0 Å². The van der Waals surface area contributed by atoms with Crippen molar-refractivity contribution in [2.45, 2.75) is 11.8 Å². The van der Waals surface area contributed by atoms with E-state index in [1.165, 1.54) is 40.4 Å². The maximum Gasteiger partial charge on any atom is 0.254 e. The molecule has 0 radical (unpaired) electrons. The highest BCUT2D eigenvalue weighted by Crippen LogP contribution is 2.20. The van der Waals surface area contributed by atoms with E-state index in [4.69, 9.17) is 0 Å². The highest BCUT2D eigenvalue weighted by molar-refractivity contribution is 7.89. The van der Waals surface area contributed by atoms with Gasteiger partial charge < -0.3 is 4.90 Å². The second kappa shape index (κ2) is 7.76. The van der Waals surface area contributed by atoms with Crippen molar-refractivity contribution >= 4 is 21.7 Å². The Balaban J connectivity index is 1.72. The van der Waals surface area contributed by atoms with Crippen LogP contribution in [-0.4, -0.2) is 55.5 Å². The quantitative estimate of drug-likeness (QED) is 0.728. The zero-order valence-electron chi connectivity index (χ0n) is 15.1. The minimum absolute atomic E-state index is 0.00404. The standard InChI is InChI=1S/C19H18F2N2O4S/c1-13(24)14-3-2-4-16(11-14)28(26,27)23-9-7-22(8-10-23)19(25)15-5-6-17(20)18(21)12-15/h2-6,11-12H,7-10H2,1H3. The van der Waals surface area contributed by atoms with Crippen molar-refractivity contribution in [3.8, 4) is 0 Å². The number of sulfonamides is 1. The molecule has 0 spiro atoms. The van der Waals surface area contributed by atoms with Crippen LogP contribution >= 0.6 is 0 Å². The number of rotatable bonds is 4. The lowest BCUT2D eigenvalue weighted by molar-refractivity contribution is 0.0697. The van der Waals surface area contributed by atoms with E-state index in [0.717, 1.165) is 12.1 Å². The molecule has 0 N–H and O–H groups in total. The van der Waals surface area contributed by atoms with Crippen molar-refractivity contribution in [2.75, 3.05) is 26.2 Å². The number of piperazine rings is 1. The SMILES string of the molecule is CC(=O)c1cccc(S(=O)(=O)N2CCN(C(=O)c3ccc(F)c(F)c3)CC2)c1. The fourth-order valence-electron chi connectivity index (χ4n) is 2.97. The van der Waals surface area contributed by atoms with Crippen molar-refractivity contribution in [3.05, 3.63) is 65.2 Å². The van der Waals surface area contributed by atoms with Crippen LogP contribution in [0.4, 0.5) is 8.78 Å². The van der Waals surface area contributed by atoms with E-state index in [9.17, 15) is 26.8 Å². The van der Waals surface area contributed by atoms with Gasteiger partial charge in [-0.05, 0) is 37.3 Å². The number of benzene rings is 2. The van der Waals surface area contributed by atoms with E-state index < -0.39 is 27.6 Å². The van der Waals surface area contributed by atoms with E-state index in [1.807, 2.05) is 0 Å². The average Bonchev–Trinajstić information content (AvgIpc) is 2.69. The van der Waals surface area contributed by atoms with Crippen LogP contribution in [0.15, 0.2) is 47.4 Å². The normalized spacial score (nSPS) is 15.5. The molecule has 2 aromatic carbocycles. The molecule has 1 aliphatic heterocycles. The summed E-state index contributed by atoms with van der Waals surface area (Å²) in [6.07, 6.45) is 0. The molecule has 0 aromatic heterocycles. The van der Waals surface area contributed by atoms with E-state index in [-0.39, 0.29) is 42.4 Å². The summed E-state index contributed by atoms with van der Waals surface area (Å²) >= 11 is 0. The van der Waals surface area contributed by atoms with Gasteiger partial charge in [0.1, 0.15) is 0 Å². The maximum absolute atomic E-state index is 13.3. The molecule has 1 aliphatic rings. The molecule has 1 heterocycles. The summed E-state index contributed by atoms with van der Waals surface area (Å²) in [4.78, 5) is 25.3. The largest absolute Gasteiger partial charge is 0.336 e. The number of nitrogens with zero attached hydrogens (tertiary/aromatic N) is 2. The van der Waals surface area contributed by atoms with Crippen LogP contribution in [0, 0.1) is 11.6 Å². The zero-order valence-corrected chi connectivity index (χ0v) is 15.9. The van der Waals surface area contributed by atoms with Crippen LogP contribution in [0.5, 0.6) is 0 Å². The van der Waals surface area contributed by atoms with E-state index in [0.29, 0.717) is 5.56 Å². The fourth-order valence-corrected chi connectivity index (χ4v) is 4.44. The second-order valence-electron chi connectivity index (χ2n) is 6.41. The van der Waals surface area contributed by atoms with Crippen molar-refractivity contribution in [3.63, 3.8) is 0 Å². The first kappa shape index (κ1) is 20.1. The van der Waals surface area contributed by atoms with Gasteiger partial charge in [0, 0.05) is 37.3 Å². The molecular weight excluding hydrogens is 390 g/mol. The van der Waals surface area contributed by atoms with Gasteiger partial charge in [-0.25, -0.2) is 17.2 Å². The molecule has 1 saturated heterocycles. The molecule has 1 amide bonds. The second-order valence-corrected chi connectivity index (χ2v) is 8.35. The third-order valence-corrected chi connectivity index (χ3v) is 6.47. The van der Waals surface area contributed by atoms with Crippen molar-refractivity contribution in [1.82, 2.24) is 9.21 Å². The minimum Gasteiger partial charge on any atom is -0.336 e. The number of amides is 1. The Labute approximate surface area is 161 Å². The Morgan fingerprint density at radius 2 is 1.57 bits per heavy atom. The maximum atomic E-state index is 13.3. The van der Waals surface area contributed by atoms with E-state index in [2.05, 4.69) is 0 Å². The van der Waals surface area contributed by atoms with Crippen LogP contribution in [0.1, 0.15) is 27.6 Å². The molecule has 0 atom stereocenters. The Hall–Kier alpha value is -2.65. The number of halogens is 2. The number of hydrogen-bond acceptors (Lipinski definition) is 4. The van der Waals surface area contributed by atoms with Gasteiger partial charge in [-0.2, -0.15) is 4.31 Å². The Morgan fingerprint density at radius 3 is 2.18 bits per heavy atom. The Kier molecular flexibility index (Phi) is 5.57. The van der Waals surface area contributed by atoms with Gasteiger partial charge in [0.05, 0.1) is 4.90 Å². The molecule has 28 heavy (non-hydrogen) atoms. The number of hydrogen-bond donors (Lipinski definition) is 0. The van der Waals surface area contributed by atoms with E-state index >= 15 is 0 Å². The molecule has 148 valence electrons. The number of Topliss-reactive ketones (excluding diaryl/α,β-unsaturated/α-hetero) is 1. The van der Waals surface area contributed by atoms with Gasteiger partial charge in [-0.1, -0.05) is 12.1 Å². The minimum atomic E-state index is -3.81. The first-order chi connectivity index (χ1) is 13.2. The first-order valence-electron chi connectivity index (χ1n) is 8.55. The summed E-state index contributed by atoms with van der Waals surface area (Å²) in [6, 6.07) is 8.69. The topological polar surface area (TPSA) is 74.8 Å². The summed E-state index contributed by atoms with van der Waals surface area (Å²) in [6.45, 7) is 1.70. The Morgan fingerprint density at radius 1 is 0.893 bits per heavy atom. The van der Waals surface area contributed by atoms with Crippen molar-refractivity contribution in [1.29, 1.82) is 0 Å². The first-order valence-corrected chi connectivity index (χ1v) is 9.99. The summed E-state index contributed by atoms with van der Waals surface area (Å²) in [7, 11) is -3.81. The lowest BCUT2D eigenvalue weighted by Gasteiger charge is -2.34. The summed E-state index contributed by atoms with van der Waals surface area (Å²) in [5, 5.41) is 0. The molecule has 9 heteroatoms. The van der Waals surface area contributed by atoms with Gasteiger partial charge in [-0.3, -0.25) is 9.59 Å². The third kappa shape index (κ3) is 3.95. The lowest BCUT2D eigenvalue weighted by Crippen LogP contribution is -2.50. The Bertz CT molecular complexity index is 1030. The van der Waals surface area contributed by atoms with Gasteiger partial charge in [0.15, 0.2) is 17.4 Å². The summed E-state index contributed by atoms with van der Waals surface area (Å²) < 4.78 is 53.2. The van der Waals surface area contributed by atoms with Crippen LogP contribution < -0.4 is 0 Å². The molecule has 2 aromatic rings. The molecule has 1 fully saturated rings. The molecule has 0 aliphatic carbocycles. The van der Waals surface area contributed by atoms with Crippen LogP contribution in [0.3, 0.4) is 0 Å². The predicted molar refractivity (Wildman–Crippen MR) is 97.5 cm³/mol. The van der Waals surface area contributed by atoms with Crippen LogP contribution in [-0.2, 0) is 10.0 Å². The zero-order chi connectivity index (χ0) is 20.5. The van der Waals surface area contributed by atoms with Crippen molar-refractivity contribution < 1.29 is 26.8 Å². The summed E-state index contributed by atoms with van der Waals surface area (Å²) in [5.74, 6) is -2.88. The van der Waals surface area contributed by atoms with Gasteiger partial charge in [0.25, 0.3) is 5.91 Å². The smallest absolute Gasteiger partial charge is 0.254 e. The number of ketones is 1. The highest BCUT2D eigenvalue weighted by Gasteiger charge is 2.31. The van der Waals surface area contributed by atoms with Crippen LogP contribution in [0.2, 0.25) is 0 Å². The highest BCUT2D eigenvalue weighted by atomic mass is 32.2. The molecule has 0 unspecified atom stereocenters. The number of carbonyl (C=O) groups excluding carboxylic acids is 2. The molecule has 0 saturated carbocycles. The fraction of sp³-hybridized carbons (Fsp3) is 0.263.